The van der Waals surface area contributed by atoms with Crippen molar-refractivity contribution in [3.05, 3.63) is 149 Å². The van der Waals surface area contributed by atoms with Crippen LogP contribution in [-0.2, 0) is 16.9 Å². The van der Waals surface area contributed by atoms with E-state index in [0.29, 0.717) is 37.5 Å². The summed E-state index contributed by atoms with van der Waals surface area (Å²) in [5, 5.41) is 12.4. The summed E-state index contributed by atoms with van der Waals surface area (Å²) >= 11 is 0. The van der Waals surface area contributed by atoms with Crippen LogP contribution in [0.2, 0.25) is 0 Å². The minimum Gasteiger partial charge on any atom is -0.497 e. The summed E-state index contributed by atoms with van der Waals surface area (Å²) in [7, 11) is 1.65. The van der Waals surface area contributed by atoms with Crippen LogP contribution in [0.5, 0.6) is 5.75 Å². The van der Waals surface area contributed by atoms with Crippen LogP contribution in [0.15, 0.2) is 121 Å². The number of hydrogen-bond acceptors (Lipinski definition) is 6. The van der Waals surface area contributed by atoms with E-state index < -0.39 is 5.54 Å². The molecule has 0 bridgehead atoms. The van der Waals surface area contributed by atoms with Gasteiger partial charge in [-0.25, -0.2) is 4.68 Å². The van der Waals surface area contributed by atoms with E-state index in [1.807, 2.05) is 48.5 Å². The number of piperidine rings is 1. The van der Waals surface area contributed by atoms with Crippen molar-refractivity contribution in [2.45, 2.75) is 18.5 Å². The van der Waals surface area contributed by atoms with Gasteiger partial charge in [0.2, 0.25) is 0 Å². The third-order valence-electron chi connectivity index (χ3n) is 7.73. The third-order valence-corrected chi connectivity index (χ3v) is 7.73. The maximum absolute atomic E-state index is 13.4. The van der Waals surface area contributed by atoms with Crippen molar-refractivity contribution in [1.82, 2.24) is 25.1 Å². The van der Waals surface area contributed by atoms with E-state index in [1.165, 1.54) is 0 Å². The molecule has 1 saturated heterocycles. The van der Waals surface area contributed by atoms with Crippen molar-refractivity contribution in [2.24, 2.45) is 0 Å². The van der Waals surface area contributed by atoms with Crippen LogP contribution >= 0.6 is 0 Å². The van der Waals surface area contributed by atoms with Crippen molar-refractivity contribution in [2.75, 3.05) is 20.2 Å². The second-order valence-corrected chi connectivity index (χ2v) is 10.1. The average molecular weight is 542 g/mol. The van der Waals surface area contributed by atoms with Gasteiger partial charge in [-0.15, -0.1) is 5.10 Å². The first kappa shape index (κ1) is 26.3. The minimum atomic E-state index is -0.599. The van der Waals surface area contributed by atoms with Crippen molar-refractivity contribution in [1.29, 1.82) is 0 Å². The Labute approximate surface area is 239 Å². The zero-order valence-electron chi connectivity index (χ0n) is 22.9. The first-order valence-electron chi connectivity index (χ1n) is 13.7. The maximum Gasteiger partial charge on any atom is 0.175 e. The Morgan fingerprint density at radius 1 is 0.805 bits per heavy atom. The topological polar surface area (TPSA) is 73.1 Å². The molecule has 1 aliphatic heterocycles. The molecule has 2 heterocycles. The number of benzene rings is 4. The summed E-state index contributed by atoms with van der Waals surface area (Å²) in [5.74, 6) is 1.46. The SMILES string of the molecule is COc1ccc(Cn2nnnc2C=C2CN(C(c3ccccc3)(c3ccccc3)c3ccccc3)CCC2=O)cc1. The van der Waals surface area contributed by atoms with Crippen LogP contribution in [0.4, 0.5) is 0 Å². The Morgan fingerprint density at radius 2 is 1.37 bits per heavy atom. The number of ketones is 1. The number of hydrogen-bond donors (Lipinski definition) is 0. The smallest absolute Gasteiger partial charge is 0.175 e. The van der Waals surface area contributed by atoms with E-state index in [1.54, 1.807) is 11.8 Å². The first-order valence-corrected chi connectivity index (χ1v) is 13.7. The molecule has 7 nitrogen and oxygen atoms in total. The summed E-state index contributed by atoms with van der Waals surface area (Å²) in [6.07, 6.45) is 2.25. The highest BCUT2D eigenvalue weighted by atomic mass is 16.5. The van der Waals surface area contributed by atoms with Crippen LogP contribution < -0.4 is 4.74 Å². The molecule has 204 valence electrons. The Bertz CT molecular complexity index is 1530. The summed E-state index contributed by atoms with van der Waals surface area (Å²) in [5.41, 5.74) is 4.57. The fourth-order valence-corrected chi connectivity index (χ4v) is 5.76. The fourth-order valence-electron chi connectivity index (χ4n) is 5.76. The number of Topliss-reactive ketones (excluding diaryl/α,β-unsaturated/α-hetero) is 1. The van der Waals surface area contributed by atoms with E-state index in [9.17, 15) is 4.79 Å². The molecule has 0 aliphatic carbocycles. The highest BCUT2D eigenvalue weighted by molar-refractivity contribution is 6.00. The lowest BCUT2D eigenvalue weighted by molar-refractivity contribution is -0.117. The Morgan fingerprint density at radius 3 is 1.90 bits per heavy atom. The van der Waals surface area contributed by atoms with Gasteiger partial charge in [0.1, 0.15) is 5.75 Å². The molecule has 1 fully saturated rings. The molecule has 4 aromatic carbocycles. The van der Waals surface area contributed by atoms with Crippen molar-refractivity contribution < 1.29 is 9.53 Å². The number of carbonyl (C=O) groups is 1. The second-order valence-electron chi connectivity index (χ2n) is 10.1. The zero-order chi connectivity index (χ0) is 28.1. The molecule has 0 atom stereocenters. The van der Waals surface area contributed by atoms with Crippen LogP contribution in [-0.4, -0.2) is 51.1 Å². The van der Waals surface area contributed by atoms with Gasteiger partial charge < -0.3 is 4.74 Å². The monoisotopic (exact) mass is 541 g/mol. The molecule has 6 rings (SSSR count). The summed E-state index contributed by atoms with van der Waals surface area (Å²) in [4.78, 5) is 15.8. The van der Waals surface area contributed by atoms with Gasteiger partial charge >= 0.3 is 0 Å². The van der Waals surface area contributed by atoms with E-state index in [0.717, 1.165) is 28.0 Å². The second kappa shape index (κ2) is 11.7. The van der Waals surface area contributed by atoms with Gasteiger partial charge in [-0.05, 0) is 50.9 Å². The lowest BCUT2D eigenvalue weighted by Gasteiger charge is -2.47. The van der Waals surface area contributed by atoms with Crippen LogP contribution in [0.3, 0.4) is 0 Å². The van der Waals surface area contributed by atoms with Crippen LogP contribution in [0, 0.1) is 0 Å². The molecule has 0 radical (unpaired) electrons. The van der Waals surface area contributed by atoms with Gasteiger partial charge in [-0.1, -0.05) is 103 Å². The molecule has 0 unspecified atom stereocenters. The van der Waals surface area contributed by atoms with Gasteiger partial charge in [0.15, 0.2) is 11.6 Å². The van der Waals surface area contributed by atoms with E-state index in [-0.39, 0.29) is 5.78 Å². The normalized spacial score (nSPS) is 15.2. The third kappa shape index (κ3) is 5.19. The number of rotatable bonds is 8. The lowest BCUT2D eigenvalue weighted by atomic mass is 9.74. The Hall–Kier alpha value is -4.88. The van der Waals surface area contributed by atoms with Gasteiger partial charge in [0.25, 0.3) is 0 Å². The number of tetrazole rings is 1. The van der Waals surface area contributed by atoms with Gasteiger partial charge in [0, 0.05) is 25.1 Å². The first-order chi connectivity index (χ1) is 20.2. The van der Waals surface area contributed by atoms with Crippen molar-refractivity contribution in [3.8, 4) is 5.75 Å². The molecule has 0 amide bonds. The van der Waals surface area contributed by atoms with Crippen molar-refractivity contribution in [3.63, 3.8) is 0 Å². The van der Waals surface area contributed by atoms with Gasteiger partial charge in [0.05, 0.1) is 19.2 Å². The number of methoxy groups -OCH3 is 1. The number of ether oxygens (including phenoxy) is 1. The fraction of sp³-hybridized carbons (Fsp3) is 0.176. The Kier molecular flexibility index (Phi) is 7.52. The summed E-state index contributed by atoms with van der Waals surface area (Å²) < 4.78 is 7.00. The largest absolute Gasteiger partial charge is 0.497 e. The molecule has 41 heavy (non-hydrogen) atoms. The lowest BCUT2D eigenvalue weighted by Crippen LogP contribution is -2.52. The number of carbonyl (C=O) groups excluding carboxylic acids is 1. The quantitative estimate of drug-likeness (QED) is 0.194. The zero-order valence-corrected chi connectivity index (χ0v) is 22.9. The minimum absolute atomic E-state index is 0.114. The molecule has 1 aliphatic rings. The molecule has 0 spiro atoms. The summed E-state index contributed by atoms with van der Waals surface area (Å²) in [6, 6.07) is 39.4. The number of aromatic nitrogens is 4. The molecule has 7 heteroatoms. The highest BCUT2D eigenvalue weighted by Crippen LogP contribution is 2.44. The molecular formula is C34H31N5O2. The number of nitrogens with zero attached hydrogens (tertiary/aromatic N) is 5. The molecule has 0 N–H and O–H groups in total. The molecule has 1 aromatic heterocycles. The van der Waals surface area contributed by atoms with E-state index >= 15 is 0 Å². The van der Waals surface area contributed by atoms with Gasteiger partial charge in [-0.2, -0.15) is 0 Å². The molecule has 0 saturated carbocycles. The van der Waals surface area contributed by atoms with Crippen LogP contribution in [0.25, 0.3) is 6.08 Å². The molecular weight excluding hydrogens is 510 g/mol. The summed E-state index contributed by atoms with van der Waals surface area (Å²) in [6.45, 7) is 1.55. The standard InChI is InChI=1S/C34H31N5O2/c1-41-31-19-17-26(18-20-31)24-39-33(35-36-37-39)23-27-25-38(22-21-32(27)40)34(28-11-5-2-6-12-28,29-13-7-3-8-14-29)30-15-9-4-10-16-30/h2-20,23H,21-22,24-25H2,1H3. The van der Waals surface area contributed by atoms with E-state index in [4.69, 9.17) is 4.74 Å². The Balaban J connectivity index is 1.41. The van der Waals surface area contributed by atoms with Crippen LogP contribution in [0.1, 0.15) is 34.5 Å². The maximum atomic E-state index is 13.4. The van der Waals surface area contributed by atoms with Gasteiger partial charge in [-0.3, -0.25) is 9.69 Å². The van der Waals surface area contributed by atoms with E-state index in [2.05, 4.69) is 93.2 Å². The van der Waals surface area contributed by atoms with Crippen molar-refractivity contribution >= 4 is 11.9 Å². The average Bonchev–Trinajstić information content (AvgIpc) is 3.47. The highest BCUT2D eigenvalue weighted by Gasteiger charge is 2.44. The molecule has 5 aromatic rings. The predicted molar refractivity (Wildman–Crippen MR) is 158 cm³/mol. The number of likely N-dealkylation sites (tertiary alicyclic amines) is 1. The predicted octanol–water partition coefficient (Wildman–Crippen LogP) is 5.38.